The molecule has 0 radical (unpaired) electrons. The van der Waals surface area contributed by atoms with Crippen LogP contribution in [-0.4, -0.2) is 37.1 Å². The maximum atomic E-state index is 12.6. The topological polar surface area (TPSA) is 72.9 Å². The molecule has 2 bridgehead atoms. The molecular weight excluding hydrogens is 286 g/mol. The average molecular weight is 299 g/mol. The second-order valence-electron chi connectivity index (χ2n) is 5.55. The van der Waals surface area contributed by atoms with Gasteiger partial charge in [0.2, 0.25) is 11.8 Å². The van der Waals surface area contributed by atoms with E-state index in [0.29, 0.717) is 11.3 Å². The number of hydrogen-bond donors (Lipinski definition) is 0. The van der Waals surface area contributed by atoms with Crippen LogP contribution >= 0.6 is 0 Å². The van der Waals surface area contributed by atoms with Gasteiger partial charge in [-0.25, -0.2) is 9.69 Å². The van der Waals surface area contributed by atoms with Crippen molar-refractivity contribution in [3.63, 3.8) is 0 Å². The molecule has 0 spiro atoms. The molecule has 1 aromatic rings. The molecule has 0 aliphatic carbocycles. The first kappa shape index (κ1) is 13.2. The quantitative estimate of drug-likeness (QED) is 0.461. The number of esters is 1. The third-order valence-corrected chi connectivity index (χ3v) is 4.46. The highest BCUT2D eigenvalue weighted by molar-refractivity contribution is 6.23. The van der Waals surface area contributed by atoms with Crippen LogP contribution in [0.5, 0.6) is 0 Å². The van der Waals surface area contributed by atoms with Gasteiger partial charge in [-0.05, 0) is 24.3 Å². The minimum Gasteiger partial charge on any atom is -0.465 e. The Labute approximate surface area is 126 Å². The van der Waals surface area contributed by atoms with Gasteiger partial charge < -0.3 is 9.47 Å². The standard InChI is InChI=1S/C16H13NO5/c1-21-16(20)8-2-4-9(5-3-8)17-14(18)12-10-6-7-11(22-10)13(12)15(17)19/h2-7,10-13H,1H3. The molecule has 0 aromatic heterocycles. The van der Waals surface area contributed by atoms with E-state index in [4.69, 9.17) is 4.74 Å². The third-order valence-electron chi connectivity index (χ3n) is 4.46. The number of carbonyl (C=O) groups is 3. The lowest BCUT2D eigenvalue weighted by Gasteiger charge is -2.17. The van der Waals surface area contributed by atoms with Crippen molar-refractivity contribution in [3.8, 4) is 0 Å². The molecule has 3 aliphatic rings. The summed E-state index contributed by atoms with van der Waals surface area (Å²) in [7, 11) is 1.30. The van der Waals surface area contributed by atoms with Crippen LogP contribution in [0.1, 0.15) is 10.4 Å². The Morgan fingerprint density at radius 2 is 1.59 bits per heavy atom. The number of fused-ring (bicyclic) bond motifs is 5. The zero-order chi connectivity index (χ0) is 15.4. The van der Waals surface area contributed by atoms with Gasteiger partial charge in [-0.2, -0.15) is 0 Å². The van der Waals surface area contributed by atoms with Crippen LogP contribution in [0.4, 0.5) is 5.69 Å². The molecule has 4 unspecified atom stereocenters. The average Bonchev–Trinajstić information content (AvgIpc) is 3.21. The number of hydrogen-bond acceptors (Lipinski definition) is 5. The van der Waals surface area contributed by atoms with Crippen LogP contribution in [0.15, 0.2) is 36.4 Å². The van der Waals surface area contributed by atoms with E-state index in [1.807, 2.05) is 12.2 Å². The lowest BCUT2D eigenvalue weighted by Crippen LogP contribution is -2.34. The second kappa shape index (κ2) is 4.51. The van der Waals surface area contributed by atoms with Crippen molar-refractivity contribution in [2.24, 2.45) is 11.8 Å². The molecule has 6 heteroatoms. The summed E-state index contributed by atoms with van der Waals surface area (Å²) >= 11 is 0. The van der Waals surface area contributed by atoms with Crippen molar-refractivity contribution in [2.75, 3.05) is 12.0 Å². The van der Waals surface area contributed by atoms with Crippen LogP contribution in [0, 0.1) is 11.8 Å². The first-order valence-corrected chi connectivity index (χ1v) is 7.02. The van der Waals surface area contributed by atoms with E-state index >= 15 is 0 Å². The van der Waals surface area contributed by atoms with Gasteiger partial charge in [-0.3, -0.25) is 9.59 Å². The predicted octanol–water partition coefficient (Wildman–Crippen LogP) is 0.916. The summed E-state index contributed by atoms with van der Waals surface area (Å²) in [6.07, 6.45) is 3.10. The van der Waals surface area contributed by atoms with Crippen molar-refractivity contribution in [3.05, 3.63) is 42.0 Å². The van der Waals surface area contributed by atoms with E-state index in [0.717, 1.165) is 0 Å². The summed E-state index contributed by atoms with van der Waals surface area (Å²) in [5.41, 5.74) is 0.840. The van der Waals surface area contributed by atoms with E-state index in [9.17, 15) is 14.4 Å². The molecule has 1 aromatic carbocycles. The van der Waals surface area contributed by atoms with Gasteiger partial charge in [0.1, 0.15) is 0 Å². The highest BCUT2D eigenvalue weighted by atomic mass is 16.5. The number of rotatable bonds is 2. The second-order valence-corrected chi connectivity index (χ2v) is 5.55. The van der Waals surface area contributed by atoms with Gasteiger partial charge in [-0.15, -0.1) is 0 Å². The lowest BCUT2D eigenvalue weighted by molar-refractivity contribution is -0.124. The minimum absolute atomic E-state index is 0.238. The molecule has 4 rings (SSSR count). The van der Waals surface area contributed by atoms with Crippen molar-refractivity contribution in [2.45, 2.75) is 12.2 Å². The van der Waals surface area contributed by atoms with Crippen LogP contribution < -0.4 is 4.90 Å². The smallest absolute Gasteiger partial charge is 0.337 e. The van der Waals surface area contributed by atoms with Crippen molar-refractivity contribution >= 4 is 23.5 Å². The molecule has 2 amide bonds. The minimum atomic E-state index is -0.460. The Morgan fingerprint density at radius 1 is 1.05 bits per heavy atom. The van der Waals surface area contributed by atoms with Gasteiger partial charge >= 0.3 is 5.97 Å². The predicted molar refractivity (Wildman–Crippen MR) is 75.1 cm³/mol. The summed E-state index contributed by atoms with van der Waals surface area (Å²) in [6, 6.07) is 6.25. The fourth-order valence-corrected chi connectivity index (χ4v) is 3.42. The van der Waals surface area contributed by atoms with Gasteiger partial charge in [0.15, 0.2) is 0 Å². The Kier molecular flexibility index (Phi) is 2.71. The molecule has 3 aliphatic heterocycles. The number of amides is 2. The van der Waals surface area contributed by atoms with Crippen LogP contribution in [-0.2, 0) is 19.1 Å². The maximum Gasteiger partial charge on any atom is 0.337 e. The van der Waals surface area contributed by atoms with E-state index in [2.05, 4.69) is 4.74 Å². The van der Waals surface area contributed by atoms with Crippen molar-refractivity contribution in [1.82, 2.24) is 0 Å². The first-order valence-electron chi connectivity index (χ1n) is 7.02. The van der Waals surface area contributed by atoms with Gasteiger partial charge in [-0.1, -0.05) is 12.2 Å². The van der Waals surface area contributed by atoms with Gasteiger partial charge in [0.25, 0.3) is 0 Å². The number of nitrogens with zero attached hydrogens (tertiary/aromatic N) is 1. The number of benzene rings is 1. The number of carbonyl (C=O) groups excluding carboxylic acids is 3. The summed E-state index contributed by atoms with van der Waals surface area (Å²) in [4.78, 5) is 37.8. The van der Waals surface area contributed by atoms with Crippen LogP contribution in [0.2, 0.25) is 0 Å². The fraction of sp³-hybridized carbons (Fsp3) is 0.312. The molecular formula is C16H13NO5. The highest BCUT2D eigenvalue weighted by Gasteiger charge is 2.60. The van der Waals surface area contributed by atoms with Crippen molar-refractivity contribution in [1.29, 1.82) is 0 Å². The molecule has 2 fully saturated rings. The number of methoxy groups -OCH3 is 1. The molecule has 112 valence electrons. The van der Waals surface area contributed by atoms with Crippen molar-refractivity contribution < 1.29 is 23.9 Å². The summed E-state index contributed by atoms with van der Waals surface area (Å²) in [6.45, 7) is 0. The Balaban J connectivity index is 1.65. The fourth-order valence-electron chi connectivity index (χ4n) is 3.42. The monoisotopic (exact) mass is 299 g/mol. The van der Waals surface area contributed by atoms with E-state index in [-0.39, 0.29) is 24.0 Å². The Hall–Kier alpha value is -2.47. The molecule has 0 saturated carbocycles. The molecule has 4 atom stereocenters. The first-order chi connectivity index (χ1) is 10.6. The summed E-state index contributed by atoms with van der Waals surface area (Å²) < 4.78 is 10.2. The number of imide groups is 1. The number of ether oxygens (including phenoxy) is 2. The molecule has 0 N–H and O–H groups in total. The zero-order valence-electron chi connectivity index (χ0n) is 11.8. The highest BCUT2D eigenvalue weighted by Crippen LogP contribution is 2.46. The SMILES string of the molecule is COC(=O)c1ccc(N2C(=O)C3C4C=CC(O4)C3C2=O)cc1. The van der Waals surface area contributed by atoms with Crippen LogP contribution in [0.25, 0.3) is 0 Å². The summed E-state index contributed by atoms with van der Waals surface area (Å²) in [5, 5.41) is 0. The van der Waals surface area contributed by atoms with Gasteiger partial charge in [0.05, 0.1) is 42.4 Å². The Morgan fingerprint density at radius 3 is 2.09 bits per heavy atom. The van der Waals surface area contributed by atoms with E-state index in [1.54, 1.807) is 24.3 Å². The number of anilines is 1. The lowest BCUT2D eigenvalue weighted by atomic mass is 9.85. The summed E-state index contributed by atoms with van der Waals surface area (Å²) in [5.74, 6) is -1.79. The van der Waals surface area contributed by atoms with E-state index in [1.165, 1.54) is 12.0 Å². The van der Waals surface area contributed by atoms with Crippen LogP contribution in [0.3, 0.4) is 0 Å². The molecule has 22 heavy (non-hydrogen) atoms. The molecule has 6 nitrogen and oxygen atoms in total. The third kappa shape index (κ3) is 1.61. The molecule has 2 saturated heterocycles. The Bertz CT molecular complexity index is 678. The van der Waals surface area contributed by atoms with Gasteiger partial charge in [0, 0.05) is 0 Å². The largest absolute Gasteiger partial charge is 0.465 e. The molecule has 3 heterocycles. The van der Waals surface area contributed by atoms with E-state index < -0.39 is 17.8 Å². The maximum absolute atomic E-state index is 12.6. The zero-order valence-corrected chi connectivity index (χ0v) is 11.8. The normalized spacial score (nSPS) is 31.8.